The van der Waals surface area contributed by atoms with Crippen molar-refractivity contribution in [3.8, 4) is 0 Å². The van der Waals surface area contributed by atoms with E-state index in [4.69, 9.17) is 9.15 Å². The molecular weight excluding hydrogens is 452 g/mol. The lowest BCUT2D eigenvalue weighted by atomic mass is 9.84. The monoisotopic (exact) mass is 484 g/mol. The number of piperidine rings is 1. The van der Waals surface area contributed by atoms with Crippen LogP contribution in [0.4, 0.5) is 5.69 Å². The molecule has 0 aliphatic carbocycles. The number of amides is 1. The number of rotatable bonds is 10. The number of carbonyl (C=O) groups is 1. The van der Waals surface area contributed by atoms with E-state index in [1.165, 1.54) is 9.36 Å². The van der Waals surface area contributed by atoms with Crippen molar-refractivity contribution in [1.29, 1.82) is 0 Å². The molecule has 0 saturated carbocycles. The number of methoxy groups -OCH3 is 1. The SMILES string of the molecule is CCC(=O)N(c1ccccc1)C1(c2nnc(COC)o2)CCN(CCn2nnn(CC)c2=O)CC1. The van der Waals surface area contributed by atoms with Crippen molar-refractivity contribution in [1.82, 2.24) is 34.9 Å². The first-order valence-corrected chi connectivity index (χ1v) is 11.9. The number of hydrogen-bond donors (Lipinski definition) is 0. The summed E-state index contributed by atoms with van der Waals surface area (Å²) in [6.45, 7) is 6.85. The van der Waals surface area contributed by atoms with Gasteiger partial charge in [0.05, 0.1) is 6.54 Å². The molecule has 0 unspecified atom stereocenters. The van der Waals surface area contributed by atoms with Gasteiger partial charge in [0.15, 0.2) is 0 Å². The first-order chi connectivity index (χ1) is 17.0. The summed E-state index contributed by atoms with van der Waals surface area (Å²) < 4.78 is 13.9. The smallest absolute Gasteiger partial charge is 0.363 e. The molecule has 0 spiro atoms. The van der Waals surface area contributed by atoms with Gasteiger partial charge >= 0.3 is 5.69 Å². The molecule has 1 aliphatic rings. The summed E-state index contributed by atoms with van der Waals surface area (Å²) >= 11 is 0. The molecule has 3 aromatic rings. The second-order valence-corrected chi connectivity index (χ2v) is 8.53. The molecule has 12 nitrogen and oxygen atoms in total. The summed E-state index contributed by atoms with van der Waals surface area (Å²) in [6.07, 6.45) is 1.53. The number of tetrazole rings is 1. The molecule has 1 fully saturated rings. The molecule has 2 aromatic heterocycles. The highest BCUT2D eigenvalue weighted by Gasteiger charge is 2.48. The average Bonchev–Trinajstić information content (AvgIpc) is 3.51. The number of aryl methyl sites for hydroxylation is 1. The number of anilines is 1. The van der Waals surface area contributed by atoms with Gasteiger partial charge in [-0.3, -0.25) is 9.69 Å². The van der Waals surface area contributed by atoms with Crippen LogP contribution in [0.2, 0.25) is 0 Å². The molecule has 1 saturated heterocycles. The van der Waals surface area contributed by atoms with E-state index in [0.29, 0.717) is 63.8 Å². The van der Waals surface area contributed by atoms with Gasteiger partial charge in [0.25, 0.3) is 0 Å². The Morgan fingerprint density at radius 2 is 1.80 bits per heavy atom. The minimum atomic E-state index is -0.786. The number of benzene rings is 1. The Kier molecular flexibility index (Phi) is 7.71. The van der Waals surface area contributed by atoms with Gasteiger partial charge in [0.2, 0.25) is 17.7 Å². The fourth-order valence-electron chi connectivity index (χ4n) is 4.55. The van der Waals surface area contributed by atoms with E-state index in [1.807, 2.05) is 49.1 Å². The summed E-state index contributed by atoms with van der Waals surface area (Å²) in [5, 5.41) is 16.4. The Bertz CT molecular complexity index is 1160. The van der Waals surface area contributed by atoms with E-state index < -0.39 is 5.54 Å². The Morgan fingerprint density at radius 1 is 1.09 bits per heavy atom. The Hall–Kier alpha value is -3.38. The second kappa shape index (κ2) is 10.9. The van der Waals surface area contributed by atoms with E-state index in [0.717, 1.165) is 5.69 Å². The maximum atomic E-state index is 13.3. The van der Waals surface area contributed by atoms with Crippen molar-refractivity contribution in [3.63, 3.8) is 0 Å². The number of carbonyl (C=O) groups excluding carboxylic acids is 1. The van der Waals surface area contributed by atoms with Gasteiger partial charge in [-0.1, -0.05) is 25.1 Å². The lowest BCUT2D eigenvalue weighted by Crippen LogP contribution is -2.56. The predicted molar refractivity (Wildman–Crippen MR) is 127 cm³/mol. The normalized spacial score (nSPS) is 15.9. The van der Waals surface area contributed by atoms with Crippen LogP contribution in [-0.2, 0) is 34.8 Å². The number of likely N-dealkylation sites (tertiary alicyclic amines) is 1. The predicted octanol–water partition coefficient (Wildman–Crippen LogP) is 1.42. The van der Waals surface area contributed by atoms with Crippen LogP contribution >= 0.6 is 0 Å². The molecule has 0 bridgehead atoms. The standard InChI is InChI=1S/C23H32N8O4/c1-4-20(32)31(18-9-7-6-8-10-18)23(21-25-24-19(35-21)17-34-3)11-13-28(14-12-23)15-16-30-22(33)29(5-2)26-27-30/h6-10H,4-5,11-17H2,1-3H3. The van der Waals surface area contributed by atoms with Gasteiger partial charge in [-0.15, -0.1) is 10.2 Å². The van der Waals surface area contributed by atoms with Crippen molar-refractivity contribution < 1.29 is 13.9 Å². The molecule has 188 valence electrons. The lowest BCUT2D eigenvalue weighted by molar-refractivity contribution is -0.120. The largest absolute Gasteiger partial charge is 0.420 e. The molecule has 0 atom stereocenters. The molecule has 4 rings (SSSR count). The summed E-state index contributed by atoms with van der Waals surface area (Å²) in [4.78, 5) is 29.7. The molecule has 1 aliphatic heterocycles. The van der Waals surface area contributed by atoms with Gasteiger partial charge in [0.1, 0.15) is 12.1 Å². The quantitative estimate of drug-likeness (QED) is 0.420. The van der Waals surface area contributed by atoms with Crippen LogP contribution in [0, 0.1) is 0 Å². The molecule has 35 heavy (non-hydrogen) atoms. The van der Waals surface area contributed by atoms with Gasteiger partial charge in [-0.25, -0.2) is 4.79 Å². The first kappa shape index (κ1) is 24.7. The van der Waals surface area contributed by atoms with E-state index in [9.17, 15) is 9.59 Å². The highest BCUT2D eigenvalue weighted by Crippen LogP contribution is 2.41. The van der Waals surface area contributed by atoms with Crippen molar-refractivity contribution in [2.24, 2.45) is 0 Å². The number of aromatic nitrogens is 6. The highest BCUT2D eigenvalue weighted by molar-refractivity contribution is 5.94. The van der Waals surface area contributed by atoms with Crippen molar-refractivity contribution in [2.45, 2.75) is 58.3 Å². The van der Waals surface area contributed by atoms with Crippen LogP contribution in [0.15, 0.2) is 39.5 Å². The number of para-hydroxylation sites is 1. The summed E-state index contributed by atoms with van der Waals surface area (Å²) in [6, 6.07) is 9.61. The first-order valence-electron chi connectivity index (χ1n) is 11.9. The zero-order valence-corrected chi connectivity index (χ0v) is 20.5. The summed E-state index contributed by atoms with van der Waals surface area (Å²) in [5.41, 5.74) is -0.201. The Morgan fingerprint density at radius 3 is 2.43 bits per heavy atom. The summed E-state index contributed by atoms with van der Waals surface area (Å²) in [5.74, 6) is 0.774. The molecule has 0 radical (unpaired) electrons. The van der Waals surface area contributed by atoms with Gasteiger partial charge in [-0.05, 0) is 42.3 Å². The molecule has 1 aromatic carbocycles. The third-order valence-corrected chi connectivity index (χ3v) is 6.44. The Balaban J connectivity index is 1.60. The topological polar surface area (TPSA) is 124 Å². The number of nitrogens with zero attached hydrogens (tertiary/aromatic N) is 8. The minimum absolute atomic E-state index is 0.0149. The summed E-state index contributed by atoms with van der Waals surface area (Å²) in [7, 11) is 1.57. The maximum Gasteiger partial charge on any atom is 0.363 e. The lowest BCUT2D eigenvalue weighted by Gasteiger charge is -2.46. The van der Waals surface area contributed by atoms with Crippen LogP contribution in [0.1, 0.15) is 44.9 Å². The fourth-order valence-corrected chi connectivity index (χ4v) is 4.55. The molecule has 12 heteroatoms. The second-order valence-electron chi connectivity index (χ2n) is 8.53. The van der Waals surface area contributed by atoms with Crippen molar-refractivity contribution in [3.05, 3.63) is 52.6 Å². The van der Waals surface area contributed by atoms with Crippen LogP contribution < -0.4 is 10.6 Å². The van der Waals surface area contributed by atoms with Crippen molar-refractivity contribution in [2.75, 3.05) is 31.6 Å². The number of ether oxygens (including phenoxy) is 1. The Labute approximate surface area is 203 Å². The zero-order valence-electron chi connectivity index (χ0n) is 20.5. The zero-order chi connectivity index (χ0) is 24.8. The van der Waals surface area contributed by atoms with E-state index >= 15 is 0 Å². The molecule has 0 N–H and O–H groups in total. The highest BCUT2D eigenvalue weighted by atomic mass is 16.5. The van der Waals surface area contributed by atoms with E-state index in [1.54, 1.807) is 7.11 Å². The van der Waals surface area contributed by atoms with Crippen molar-refractivity contribution >= 4 is 11.6 Å². The molecule has 3 heterocycles. The minimum Gasteiger partial charge on any atom is -0.420 e. The fraction of sp³-hybridized carbons (Fsp3) is 0.565. The van der Waals surface area contributed by atoms with Crippen LogP contribution in [-0.4, -0.2) is 67.5 Å². The van der Waals surface area contributed by atoms with Gasteiger partial charge < -0.3 is 14.1 Å². The maximum absolute atomic E-state index is 13.3. The van der Waals surface area contributed by atoms with E-state index in [-0.39, 0.29) is 18.2 Å². The molecule has 1 amide bonds. The average molecular weight is 485 g/mol. The van der Waals surface area contributed by atoms with Gasteiger partial charge in [-0.2, -0.15) is 9.36 Å². The van der Waals surface area contributed by atoms with Crippen LogP contribution in [0.5, 0.6) is 0 Å². The third-order valence-electron chi connectivity index (χ3n) is 6.44. The van der Waals surface area contributed by atoms with Gasteiger partial charge in [0, 0.05) is 45.4 Å². The van der Waals surface area contributed by atoms with E-state index in [2.05, 4.69) is 25.5 Å². The third kappa shape index (κ3) is 5.03. The molecular formula is C23H32N8O4. The van der Waals surface area contributed by atoms with Crippen LogP contribution in [0.25, 0.3) is 0 Å². The number of hydrogen-bond acceptors (Lipinski definition) is 9. The van der Waals surface area contributed by atoms with Crippen LogP contribution in [0.3, 0.4) is 0 Å².